The van der Waals surface area contributed by atoms with Gasteiger partial charge in [-0.1, -0.05) is 18.2 Å². The van der Waals surface area contributed by atoms with Crippen LogP contribution in [0.5, 0.6) is 0 Å². The average molecular weight is 501 g/mol. The molecule has 2 aromatic carbocycles. The summed E-state index contributed by atoms with van der Waals surface area (Å²) in [7, 11) is 0. The zero-order chi connectivity index (χ0) is 25.4. The van der Waals surface area contributed by atoms with E-state index in [2.05, 4.69) is 5.32 Å². The summed E-state index contributed by atoms with van der Waals surface area (Å²) in [6, 6.07) is 12.3. The Labute approximate surface area is 204 Å². The van der Waals surface area contributed by atoms with Crippen molar-refractivity contribution in [2.45, 2.75) is 25.2 Å². The van der Waals surface area contributed by atoms with E-state index < -0.39 is 35.4 Å². The van der Waals surface area contributed by atoms with Crippen LogP contribution in [0.2, 0.25) is 0 Å². The fourth-order valence-electron chi connectivity index (χ4n) is 5.00. The zero-order valence-electron chi connectivity index (χ0n) is 19.1. The number of carbonyl (C=O) groups excluding carboxylic acids is 2. The van der Waals surface area contributed by atoms with Crippen molar-refractivity contribution in [2.75, 3.05) is 24.5 Å². The first-order valence-electron chi connectivity index (χ1n) is 11.5. The second-order valence-electron chi connectivity index (χ2n) is 8.95. The average Bonchev–Trinajstić information content (AvgIpc) is 3.41. The molecule has 0 bridgehead atoms. The van der Waals surface area contributed by atoms with Crippen molar-refractivity contribution in [3.05, 3.63) is 89.1 Å². The molecule has 6 nitrogen and oxygen atoms in total. The highest BCUT2D eigenvalue weighted by atomic mass is 19.4. The molecule has 188 valence electrons. The van der Waals surface area contributed by atoms with Crippen LogP contribution in [0.3, 0.4) is 0 Å². The van der Waals surface area contributed by atoms with Gasteiger partial charge in [0.05, 0.1) is 23.8 Å². The maximum absolute atomic E-state index is 14.1. The van der Waals surface area contributed by atoms with Gasteiger partial charge in [-0.05, 0) is 48.4 Å². The van der Waals surface area contributed by atoms with E-state index in [1.807, 2.05) is 4.90 Å². The molecular formula is C26H23F4N3O3. The number of fused-ring (bicyclic) bond motifs is 3. The predicted molar refractivity (Wildman–Crippen MR) is 123 cm³/mol. The van der Waals surface area contributed by atoms with Crippen molar-refractivity contribution in [2.24, 2.45) is 5.92 Å². The highest BCUT2D eigenvalue weighted by Gasteiger charge is 2.43. The van der Waals surface area contributed by atoms with Crippen LogP contribution < -0.4 is 10.2 Å². The number of carbonyl (C=O) groups is 2. The first kappa shape index (κ1) is 23.9. The molecule has 1 aromatic heterocycles. The highest BCUT2D eigenvalue weighted by Crippen LogP contribution is 2.40. The van der Waals surface area contributed by atoms with E-state index in [0.717, 1.165) is 12.1 Å². The smallest absolute Gasteiger partial charge is 0.416 e. The standard InChI is InChI=1S/C26H23F4N3O3/c27-20-5-2-1-4-16(20)14-31-24(34)19-13-17-12-18(26(28,29)30)7-8-21(17)33-10-9-32(15-22(19)33)25(35)23-6-3-11-36-23/h1-8,11-12,19,22H,9-10,13-15H2,(H,31,34)/t19-,22-/m0/s1. The third-order valence-electron chi connectivity index (χ3n) is 6.81. The second kappa shape index (κ2) is 9.33. The van der Waals surface area contributed by atoms with Gasteiger partial charge >= 0.3 is 6.18 Å². The van der Waals surface area contributed by atoms with Gasteiger partial charge < -0.3 is 19.5 Å². The Morgan fingerprint density at radius 2 is 1.86 bits per heavy atom. The molecule has 1 fully saturated rings. The fourth-order valence-corrected chi connectivity index (χ4v) is 5.00. The molecule has 0 radical (unpaired) electrons. The SMILES string of the molecule is O=C(NCc1ccccc1F)[C@H]1Cc2cc(C(F)(F)F)ccc2N2CCN(C(=O)c3ccco3)C[C@@H]12. The lowest BCUT2D eigenvalue weighted by molar-refractivity contribution is -0.137. The Hall–Kier alpha value is -3.82. The van der Waals surface area contributed by atoms with Gasteiger partial charge in [0.1, 0.15) is 5.82 Å². The number of anilines is 1. The van der Waals surface area contributed by atoms with E-state index in [9.17, 15) is 27.2 Å². The number of hydrogen-bond donors (Lipinski definition) is 1. The van der Waals surface area contributed by atoms with Crippen LogP contribution in [-0.4, -0.2) is 42.4 Å². The third-order valence-corrected chi connectivity index (χ3v) is 6.81. The Morgan fingerprint density at radius 3 is 2.58 bits per heavy atom. The topological polar surface area (TPSA) is 65.8 Å². The minimum Gasteiger partial charge on any atom is -0.459 e. The second-order valence-corrected chi connectivity index (χ2v) is 8.95. The van der Waals surface area contributed by atoms with Gasteiger partial charge in [-0.2, -0.15) is 13.2 Å². The summed E-state index contributed by atoms with van der Waals surface area (Å²) in [6.45, 7) is 0.795. The first-order chi connectivity index (χ1) is 17.2. The van der Waals surface area contributed by atoms with Crippen LogP contribution in [0.25, 0.3) is 0 Å². The van der Waals surface area contributed by atoms with Gasteiger partial charge in [-0.3, -0.25) is 9.59 Å². The lowest BCUT2D eigenvalue weighted by atomic mass is 9.82. The molecule has 1 saturated heterocycles. The predicted octanol–water partition coefficient (Wildman–Crippen LogP) is 4.26. The molecule has 2 atom stereocenters. The van der Waals surface area contributed by atoms with Crippen LogP contribution >= 0.6 is 0 Å². The zero-order valence-corrected chi connectivity index (χ0v) is 19.1. The summed E-state index contributed by atoms with van der Waals surface area (Å²) in [5, 5.41) is 2.74. The Morgan fingerprint density at radius 1 is 1.06 bits per heavy atom. The van der Waals surface area contributed by atoms with E-state index in [-0.39, 0.29) is 31.2 Å². The van der Waals surface area contributed by atoms with Crippen molar-refractivity contribution < 1.29 is 31.6 Å². The number of hydrogen-bond acceptors (Lipinski definition) is 4. The molecule has 0 aliphatic carbocycles. The minimum atomic E-state index is -4.51. The van der Waals surface area contributed by atoms with Crippen molar-refractivity contribution in [1.29, 1.82) is 0 Å². The minimum absolute atomic E-state index is 0.0563. The van der Waals surface area contributed by atoms with Gasteiger partial charge in [0.25, 0.3) is 5.91 Å². The van der Waals surface area contributed by atoms with Gasteiger partial charge in [-0.25, -0.2) is 4.39 Å². The van der Waals surface area contributed by atoms with Crippen molar-refractivity contribution in [1.82, 2.24) is 10.2 Å². The van der Waals surface area contributed by atoms with Crippen LogP contribution in [-0.2, 0) is 23.9 Å². The van der Waals surface area contributed by atoms with Crippen molar-refractivity contribution in [3.63, 3.8) is 0 Å². The molecule has 0 spiro atoms. The van der Waals surface area contributed by atoms with Crippen molar-refractivity contribution >= 4 is 17.5 Å². The molecule has 2 aliphatic heterocycles. The largest absolute Gasteiger partial charge is 0.459 e. The molecule has 36 heavy (non-hydrogen) atoms. The molecule has 2 amide bonds. The summed E-state index contributed by atoms with van der Waals surface area (Å²) >= 11 is 0. The van der Waals surface area contributed by atoms with Crippen LogP contribution in [0.4, 0.5) is 23.2 Å². The Balaban J connectivity index is 1.43. The van der Waals surface area contributed by atoms with Crippen molar-refractivity contribution in [3.8, 4) is 0 Å². The van der Waals surface area contributed by atoms with Crippen LogP contribution in [0.1, 0.15) is 27.2 Å². The van der Waals surface area contributed by atoms with Gasteiger partial charge in [0.2, 0.25) is 5.91 Å². The molecule has 3 aromatic rings. The number of benzene rings is 2. The summed E-state index contributed by atoms with van der Waals surface area (Å²) in [6.07, 6.45) is -3.05. The lowest BCUT2D eigenvalue weighted by Crippen LogP contribution is -2.62. The summed E-state index contributed by atoms with van der Waals surface area (Å²) in [5.41, 5.74) is 0.558. The third kappa shape index (κ3) is 4.55. The number of nitrogens with one attached hydrogen (secondary N) is 1. The van der Waals surface area contributed by atoms with E-state index >= 15 is 0 Å². The Bertz CT molecular complexity index is 1280. The molecule has 3 heterocycles. The molecular weight excluding hydrogens is 478 g/mol. The molecule has 10 heteroatoms. The van der Waals surface area contributed by atoms with Gasteiger partial charge in [-0.15, -0.1) is 0 Å². The molecule has 1 N–H and O–H groups in total. The van der Waals surface area contributed by atoms with Gasteiger partial charge in [0.15, 0.2) is 5.76 Å². The number of rotatable bonds is 4. The van der Waals surface area contributed by atoms with Crippen LogP contribution in [0.15, 0.2) is 65.3 Å². The lowest BCUT2D eigenvalue weighted by Gasteiger charge is -2.49. The van der Waals surface area contributed by atoms with E-state index in [4.69, 9.17) is 4.42 Å². The number of alkyl halides is 3. The van der Waals surface area contributed by atoms with Gasteiger partial charge in [0, 0.05) is 37.4 Å². The number of halogens is 4. The number of nitrogens with zero attached hydrogens (tertiary/aromatic N) is 2. The highest BCUT2D eigenvalue weighted by molar-refractivity contribution is 5.92. The number of furan rings is 1. The quantitative estimate of drug-likeness (QED) is 0.543. The number of piperazine rings is 1. The molecule has 0 saturated carbocycles. The molecule has 5 rings (SSSR count). The molecule has 0 unspecified atom stereocenters. The summed E-state index contributed by atoms with van der Waals surface area (Å²) < 4.78 is 59.5. The Kier molecular flexibility index (Phi) is 6.19. The first-order valence-corrected chi connectivity index (χ1v) is 11.5. The fraction of sp³-hybridized carbons (Fsp3) is 0.308. The summed E-state index contributed by atoms with van der Waals surface area (Å²) in [5.74, 6) is -1.77. The van der Waals surface area contributed by atoms with E-state index in [1.54, 1.807) is 35.2 Å². The van der Waals surface area contributed by atoms with E-state index in [1.165, 1.54) is 18.4 Å². The maximum atomic E-state index is 14.1. The normalized spacial score (nSPS) is 19.4. The molecule has 2 aliphatic rings. The maximum Gasteiger partial charge on any atom is 0.416 e. The van der Waals surface area contributed by atoms with E-state index in [0.29, 0.717) is 29.9 Å². The summed E-state index contributed by atoms with van der Waals surface area (Å²) in [4.78, 5) is 29.7. The number of amides is 2. The van der Waals surface area contributed by atoms with Crippen LogP contribution in [0, 0.1) is 11.7 Å². The monoisotopic (exact) mass is 501 g/mol.